The van der Waals surface area contributed by atoms with Crippen molar-refractivity contribution in [3.8, 4) is 5.69 Å². The lowest BCUT2D eigenvalue weighted by Crippen LogP contribution is -2.42. The lowest BCUT2D eigenvalue weighted by Gasteiger charge is -2.15. The average molecular weight is 513 g/mol. The van der Waals surface area contributed by atoms with E-state index in [9.17, 15) is 19.2 Å². The number of nitrogens with zero attached hydrogens (tertiary/aromatic N) is 2. The molecule has 0 saturated heterocycles. The van der Waals surface area contributed by atoms with Crippen LogP contribution in [0.3, 0.4) is 0 Å². The van der Waals surface area contributed by atoms with E-state index in [0.29, 0.717) is 23.1 Å². The Bertz CT molecular complexity index is 1540. The van der Waals surface area contributed by atoms with Crippen LogP contribution in [0.2, 0.25) is 0 Å². The number of hydrogen-bond acceptors (Lipinski definition) is 4. The number of carbonyl (C=O) groups excluding carboxylic acids is 2. The van der Waals surface area contributed by atoms with Crippen molar-refractivity contribution in [2.75, 3.05) is 6.54 Å². The van der Waals surface area contributed by atoms with Gasteiger partial charge in [0, 0.05) is 12.6 Å². The molecule has 8 heteroatoms. The van der Waals surface area contributed by atoms with Crippen LogP contribution in [0, 0.1) is 0 Å². The van der Waals surface area contributed by atoms with Crippen molar-refractivity contribution >= 4 is 22.7 Å². The van der Waals surface area contributed by atoms with Gasteiger partial charge in [0.15, 0.2) is 0 Å². The minimum absolute atomic E-state index is 0.0393. The Morgan fingerprint density at radius 1 is 0.816 bits per heavy atom. The second-order valence-corrected chi connectivity index (χ2v) is 9.53. The van der Waals surface area contributed by atoms with Crippen LogP contribution in [0.25, 0.3) is 16.6 Å². The first-order valence-corrected chi connectivity index (χ1v) is 12.8. The summed E-state index contributed by atoms with van der Waals surface area (Å²) in [5, 5.41) is 6.06. The van der Waals surface area contributed by atoms with Gasteiger partial charge in [0.05, 0.1) is 23.0 Å². The third kappa shape index (κ3) is 6.45. The van der Waals surface area contributed by atoms with Crippen LogP contribution in [0.15, 0.2) is 88.5 Å². The Labute approximate surface area is 220 Å². The molecule has 0 fully saturated rings. The topological polar surface area (TPSA) is 102 Å². The molecule has 0 aliphatic heterocycles. The Kier molecular flexibility index (Phi) is 8.53. The lowest BCUT2D eigenvalue weighted by molar-refractivity contribution is -0.122. The number of fused-ring (bicyclic) bond motifs is 1. The summed E-state index contributed by atoms with van der Waals surface area (Å²) in [4.78, 5) is 51.7. The second-order valence-electron chi connectivity index (χ2n) is 9.53. The molecule has 0 radical (unpaired) electrons. The lowest BCUT2D eigenvalue weighted by atomic mass is 10.1. The third-order valence-electron chi connectivity index (χ3n) is 6.17. The molecule has 0 saturated carbocycles. The normalized spacial score (nSPS) is 11.0. The van der Waals surface area contributed by atoms with Crippen LogP contribution in [0.1, 0.15) is 31.4 Å². The molecule has 196 valence electrons. The molecule has 3 aromatic carbocycles. The van der Waals surface area contributed by atoms with Crippen molar-refractivity contribution in [2.24, 2.45) is 0 Å². The smallest absolute Gasteiger partial charge is 0.336 e. The summed E-state index contributed by atoms with van der Waals surface area (Å²) in [6.45, 7) is 4.05. The van der Waals surface area contributed by atoms with Crippen LogP contribution >= 0.6 is 0 Å². The number of benzene rings is 3. The summed E-state index contributed by atoms with van der Waals surface area (Å²) in [7, 11) is 0. The fraction of sp³-hybridized carbons (Fsp3) is 0.267. The summed E-state index contributed by atoms with van der Waals surface area (Å²) < 4.78 is 2.40. The number of para-hydroxylation sites is 1. The number of nitrogens with one attached hydrogen (secondary N) is 2. The molecule has 2 amide bonds. The van der Waals surface area contributed by atoms with Crippen molar-refractivity contribution in [3.05, 3.63) is 111 Å². The predicted molar refractivity (Wildman–Crippen MR) is 149 cm³/mol. The van der Waals surface area contributed by atoms with Crippen molar-refractivity contribution in [1.29, 1.82) is 0 Å². The van der Waals surface area contributed by atoms with Gasteiger partial charge in [-0.15, -0.1) is 0 Å². The van der Waals surface area contributed by atoms with Crippen molar-refractivity contribution in [3.63, 3.8) is 0 Å². The van der Waals surface area contributed by atoms with Crippen LogP contribution in [-0.4, -0.2) is 33.5 Å². The van der Waals surface area contributed by atoms with Gasteiger partial charge < -0.3 is 10.6 Å². The Morgan fingerprint density at radius 3 is 2.21 bits per heavy atom. The molecule has 2 N–H and O–H groups in total. The van der Waals surface area contributed by atoms with Gasteiger partial charge in [0.1, 0.15) is 6.54 Å². The molecule has 4 aromatic rings. The van der Waals surface area contributed by atoms with Gasteiger partial charge in [0.25, 0.3) is 5.56 Å². The average Bonchev–Trinajstić information content (AvgIpc) is 2.90. The van der Waals surface area contributed by atoms with Crippen LogP contribution in [0.4, 0.5) is 0 Å². The number of carbonyl (C=O) groups is 2. The minimum Gasteiger partial charge on any atom is -0.355 e. The van der Waals surface area contributed by atoms with Crippen LogP contribution < -0.4 is 21.9 Å². The summed E-state index contributed by atoms with van der Waals surface area (Å²) >= 11 is 0. The summed E-state index contributed by atoms with van der Waals surface area (Å²) in [6.07, 6.45) is 1.80. The van der Waals surface area contributed by atoms with Gasteiger partial charge in [0.2, 0.25) is 11.8 Å². The molecular formula is C30H32N4O4. The van der Waals surface area contributed by atoms with Crippen molar-refractivity contribution < 1.29 is 9.59 Å². The zero-order valence-corrected chi connectivity index (χ0v) is 21.6. The van der Waals surface area contributed by atoms with Crippen LogP contribution in [-0.2, 0) is 29.0 Å². The first-order chi connectivity index (χ1) is 18.3. The maximum atomic E-state index is 13.5. The van der Waals surface area contributed by atoms with E-state index >= 15 is 0 Å². The number of hydrogen-bond donors (Lipinski definition) is 2. The van der Waals surface area contributed by atoms with Gasteiger partial charge >= 0.3 is 5.69 Å². The number of aryl methyl sites for hydroxylation is 1. The molecule has 1 aromatic heterocycles. The van der Waals surface area contributed by atoms with E-state index in [4.69, 9.17) is 0 Å². The predicted octanol–water partition coefficient (Wildman–Crippen LogP) is 2.97. The molecule has 0 unspecified atom stereocenters. The highest BCUT2D eigenvalue weighted by molar-refractivity contribution is 5.82. The molecule has 0 aliphatic rings. The fourth-order valence-corrected chi connectivity index (χ4v) is 4.39. The molecule has 0 aliphatic carbocycles. The van der Waals surface area contributed by atoms with E-state index in [1.807, 2.05) is 44.2 Å². The van der Waals surface area contributed by atoms with E-state index < -0.39 is 11.2 Å². The third-order valence-corrected chi connectivity index (χ3v) is 6.17. The summed E-state index contributed by atoms with van der Waals surface area (Å²) in [6, 6.07) is 23.6. The molecule has 4 rings (SSSR count). The Morgan fingerprint density at radius 2 is 1.50 bits per heavy atom. The van der Waals surface area contributed by atoms with Crippen LogP contribution in [0.5, 0.6) is 0 Å². The molecular weight excluding hydrogens is 480 g/mol. The Hall–Kier alpha value is -4.46. The van der Waals surface area contributed by atoms with E-state index in [-0.39, 0.29) is 30.8 Å². The first-order valence-electron chi connectivity index (χ1n) is 12.8. The Balaban J connectivity index is 1.55. The zero-order valence-electron chi connectivity index (χ0n) is 21.6. The summed E-state index contributed by atoms with van der Waals surface area (Å²) in [5.41, 5.74) is 1.67. The maximum absolute atomic E-state index is 13.5. The molecule has 38 heavy (non-hydrogen) atoms. The SMILES string of the molecule is CC(C)NC(=O)Cc1ccc(-n2c(=O)c3ccccc3n(CC(=O)NCCCc3ccccc3)c2=O)cc1. The van der Waals surface area contributed by atoms with Gasteiger partial charge in [-0.1, -0.05) is 54.6 Å². The molecule has 0 bridgehead atoms. The van der Waals surface area contributed by atoms with Crippen molar-refractivity contribution in [2.45, 2.75) is 45.7 Å². The standard InChI is InChI=1S/C30H32N4O4/c1-21(2)32-27(35)19-23-14-16-24(17-15-23)34-29(37)25-12-6-7-13-26(25)33(30(34)38)20-28(36)31-18-8-11-22-9-4-3-5-10-22/h3-7,9-10,12-17,21H,8,11,18-20H2,1-2H3,(H,31,36)(H,32,35). The molecule has 8 nitrogen and oxygen atoms in total. The highest BCUT2D eigenvalue weighted by atomic mass is 16.2. The maximum Gasteiger partial charge on any atom is 0.336 e. The van der Waals surface area contributed by atoms with E-state index in [1.165, 1.54) is 10.1 Å². The first kappa shape index (κ1) is 26.6. The molecule has 1 heterocycles. The van der Waals surface area contributed by atoms with E-state index in [2.05, 4.69) is 10.6 Å². The number of amides is 2. The second kappa shape index (κ2) is 12.2. The highest BCUT2D eigenvalue weighted by Crippen LogP contribution is 2.12. The van der Waals surface area contributed by atoms with Gasteiger partial charge in [-0.3, -0.25) is 19.0 Å². The van der Waals surface area contributed by atoms with Crippen molar-refractivity contribution in [1.82, 2.24) is 19.8 Å². The minimum atomic E-state index is -0.599. The number of aromatic nitrogens is 2. The highest BCUT2D eigenvalue weighted by Gasteiger charge is 2.16. The van der Waals surface area contributed by atoms with Gasteiger partial charge in [-0.05, 0) is 62.1 Å². The zero-order chi connectivity index (χ0) is 27.1. The largest absolute Gasteiger partial charge is 0.355 e. The van der Waals surface area contributed by atoms with E-state index in [1.54, 1.807) is 48.5 Å². The van der Waals surface area contributed by atoms with E-state index in [0.717, 1.165) is 23.0 Å². The quantitative estimate of drug-likeness (QED) is 0.319. The molecule has 0 spiro atoms. The fourth-order valence-electron chi connectivity index (χ4n) is 4.39. The monoisotopic (exact) mass is 512 g/mol. The summed E-state index contributed by atoms with van der Waals surface area (Å²) in [5.74, 6) is -0.408. The van der Waals surface area contributed by atoms with Gasteiger partial charge in [-0.2, -0.15) is 0 Å². The number of rotatable bonds is 10. The molecule has 0 atom stereocenters. The van der Waals surface area contributed by atoms with Gasteiger partial charge in [-0.25, -0.2) is 9.36 Å².